The summed E-state index contributed by atoms with van der Waals surface area (Å²) in [6.45, 7) is 0.870. The molecule has 0 saturated carbocycles. The van der Waals surface area contributed by atoms with Gasteiger partial charge in [0.25, 0.3) is 0 Å². The second-order valence-electron chi connectivity index (χ2n) is 5.13. The van der Waals surface area contributed by atoms with Crippen LogP contribution < -0.4 is 5.32 Å². The molecule has 0 spiro atoms. The Morgan fingerprint density at radius 2 is 2.32 bits per heavy atom. The van der Waals surface area contributed by atoms with Crippen LogP contribution in [0, 0.1) is 0 Å². The Bertz CT molecular complexity index is 379. The van der Waals surface area contributed by atoms with Crippen molar-refractivity contribution in [2.75, 3.05) is 26.5 Å². The minimum absolute atomic E-state index is 0.0132. The number of carboxylic acid groups (broad SMARTS) is 1. The lowest BCUT2D eigenvalue weighted by atomic mass is 9.92. The molecule has 2 saturated heterocycles. The standard InChI is InChI=1S/C12H20N2O4S/c1-14-5-3-4-12(14,11(17)18-2)6-9-13-8(7-19-9)10(15)16/h8-9,13H,3-7H2,1-2H3,(H,15,16)/t8-,9?,12-/m1/s1. The molecule has 0 radical (unpaired) electrons. The number of rotatable bonds is 4. The fourth-order valence-corrected chi connectivity index (χ4v) is 4.22. The fourth-order valence-electron chi connectivity index (χ4n) is 2.90. The van der Waals surface area contributed by atoms with Crippen molar-refractivity contribution in [2.45, 2.75) is 36.2 Å². The Balaban J connectivity index is 2.06. The lowest BCUT2D eigenvalue weighted by Crippen LogP contribution is -2.52. The number of esters is 1. The number of thioether (sulfide) groups is 1. The first-order valence-electron chi connectivity index (χ1n) is 6.40. The SMILES string of the molecule is COC(=O)[C@]1(CC2N[C@@H](C(=O)O)CS2)CCCN1C. The molecule has 2 rings (SSSR count). The average Bonchev–Trinajstić information content (AvgIpc) is 2.97. The lowest BCUT2D eigenvalue weighted by Gasteiger charge is -2.35. The van der Waals surface area contributed by atoms with E-state index >= 15 is 0 Å². The summed E-state index contributed by atoms with van der Waals surface area (Å²) >= 11 is 1.57. The number of nitrogens with zero attached hydrogens (tertiary/aromatic N) is 1. The third-order valence-electron chi connectivity index (χ3n) is 4.05. The predicted octanol–water partition coefficient (Wildman–Crippen LogP) is 0.130. The van der Waals surface area contributed by atoms with Crippen LogP contribution in [0.4, 0.5) is 0 Å². The molecule has 108 valence electrons. The summed E-state index contributed by atoms with van der Waals surface area (Å²) < 4.78 is 4.96. The molecule has 19 heavy (non-hydrogen) atoms. The number of ether oxygens (including phenoxy) is 1. The Labute approximate surface area is 116 Å². The zero-order valence-corrected chi connectivity index (χ0v) is 12.0. The van der Waals surface area contributed by atoms with E-state index in [1.807, 2.05) is 11.9 Å². The smallest absolute Gasteiger partial charge is 0.326 e. The van der Waals surface area contributed by atoms with Gasteiger partial charge in [0.15, 0.2) is 0 Å². The van der Waals surface area contributed by atoms with Gasteiger partial charge in [-0.25, -0.2) is 0 Å². The molecule has 2 N–H and O–H groups in total. The highest BCUT2D eigenvalue weighted by Gasteiger charge is 2.49. The highest BCUT2D eigenvalue weighted by atomic mass is 32.2. The van der Waals surface area contributed by atoms with Crippen molar-refractivity contribution < 1.29 is 19.4 Å². The largest absolute Gasteiger partial charge is 0.480 e. The zero-order valence-electron chi connectivity index (χ0n) is 11.2. The van der Waals surface area contributed by atoms with Crippen LogP contribution in [0.15, 0.2) is 0 Å². The molecule has 0 aliphatic carbocycles. The van der Waals surface area contributed by atoms with Gasteiger partial charge in [0.1, 0.15) is 11.6 Å². The molecule has 0 bridgehead atoms. The van der Waals surface area contributed by atoms with E-state index in [-0.39, 0.29) is 11.3 Å². The van der Waals surface area contributed by atoms with Crippen LogP contribution in [0.2, 0.25) is 0 Å². The van der Waals surface area contributed by atoms with E-state index in [0.717, 1.165) is 19.4 Å². The van der Waals surface area contributed by atoms with Gasteiger partial charge in [-0.2, -0.15) is 0 Å². The van der Waals surface area contributed by atoms with Gasteiger partial charge in [-0.05, 0) is 26.4 Å². The number of carboxylic acids is 1. The predicted molar refractivity (Wildman–Crippen MR) is 72.0 cm³/mol. The first-order chi connectivity index (χ1) is 8.99. The van der Waals surface area contributed by atoms with Gasteiger partial charge in [0, 0.05) is 12.2 Å². The molecule has 2 aliphatic heterocycles. The number of carbonyl (C=O) groups excluding carboxylic acids is 1. The fraction of sp³-hybridized carbons (Fsp3) is 0.833. The quantitative estimate of drug-likeness (QED) is 0.712. The van der Waals surface area contributed by atoms with Crippen LogP contribution in [0.1, 0.15) is 19.3 Å². The van der Waals surface area contributed by atoms with Gasteiger partial charge in [0.2, 0.25) is 0 Å². The minimum atomic E-state index is -0.832. The Kier molecular flexibility index (Phi) is 4.37. The summed E-state index contributed by atoms with van der Waals surface area (Å²) in [5.74, 6) is -0.503. The maximum absolute atomic E-state index is 12.1. The number of hydrogen-bond acceptors (Lipinski definition) is 6. The summed E-state index contributed by atoms with van der Waals surface area (Å²) in [7, 11) is 3.34. The van der Waals surface area contributed by atoms with E-state index < -0.39 is 17.6 Å². The number of nitrogens with one attached hydrogen (secondary N) is 1. The second kappa shape index (κ2) is 5.68. The van der Waals surface area contributed by atoms with Gasteiger partial charge in [-0.15, -0.1) is 11.8 Å². The summed E-state index contributed by atoms with van der Waals surface area (Å²) in [6, 6.07) is -0.517. The van der Waals surface area contributed by atoms with Crippen molar-refractivity contribution in [3.05, 3.63) is 0 Å². The summed E-state index contributed by atoms with van der Waals surface area (Å²) in [4.78, 5) is 25.1. The van der Waals surface area contributed by atoms with Crippen molar-refractivity contribution >= 4 is 23.7 Å². The summed E-state index contributed by atoms with van der Waals surface area (Å²) in [6.07, 6.45) is 2.32. The number of aliphatic carboxylic acids is 1. The highest BCUT2D eigenvalue weighted by molar-refractivity contribution is 8.00. The molecule has 0 amide bonds. The van der Waals surface area contributed by atoms with Crippen molar-refractivity contribution in [1.29, 1.82) is 0 Å². The van der Waals surface area contributed by atoms with Gasteiger partial charge in [0.05, 0.1) is 12.5 Å². The van der Waals surface area contributed by atoms with Gasteiger partial charge in [-0.3, -0.25) is 19.8 Å². The molecule has 0 aromatic carbocycles. The maximum atomic E-state index is 12.1. The monoisotopic (exact) mass is 288 g/mol. The first kappa shape index (κ1) is 14.6. The molecular weight excluding hydrogens is 268 g/mol. The molecule has 6 nitrogen and oxygen atoms in total. The van der Waals surface area contributed by atoms with Gasteiger partial charge >= 0.3 is 11.9 Å². The Morgan fingerprint density at radius 3 is 2.79 bits per heavy atom. The van der Waals surface area contributed by atoms with Crippen LogP contribution in [0.5, 0.6) is 0 Å². The van der Waals surface area contributed by atoms with E-state index in [1.165, 1.54) is 7.11 Å². The molecule has 2 heterocycles. The van der Waals surface area contributed by atoms with Crippen LogP contribution in [-0.2, 0) is 14.3 Å². The molecule has 7 heteroatoms. The van der Waals surface area contributed by atoms with Crippen molar-refractivity contribution in [3.8, 4) is 0 Å². The van der Waals surface area contributed by atoms with Crippen LogP contribution >= 0.6 is 11.8 Å². The van der Waals surface area contributed by atoms with Crippen molar-refractivity contribution in [2.24, 2.45) is 0 Å². The average molecular weight is 288 g/mol. The van der Waals surface area contributed by atoms with Crippen molar-refractivity contribution in [1.82, 2.24) is 10.2 Å². The van der Waals surface area contributed by atoms with E-state index in [0.29, 0.717) is 12.2 Å². The molecule has 0 aromatic rings. The Morgan fingerprint density at radius 1 is 1.58 bits per heavy atom. The third-order valence-corrected chi connectivity index (χ3v) is 5.28. The molecular formula is C12H20N2O4S. The lowest BCUT2D eigenvalue weighted by molar-refractivity contribution is -0.153. The zero-order chi connectivity index (χ0) is 14.0. The summed E-state index contributed by atoms with van der Waals surface area (Å²) in [5, 5.41) is 12.0. The van der Waals surface area contributed by atoms with E-state index in [2.05, 4.69) is 5.32 Å². The van der Waals surface area contributed by atoms with Gasteiger partial charge in [-0.1, -0.05) is 0 Å². The van der Waals surface area contributed by atoms with E-state index in [9.17, 15) is 9.59 Å². The number of likely N-dealkylation sites (N-methyl/N-ethyl adjacent to an activating group) is 1. The molecule has 2 aliphatic rings. The van der Waals surface area contributed by atoms with Crippen molar-refractivity contribution in [3.63, 3.8) is 0 Å². The van der Waals surface area contributed by atoms with Crippen LogP contribution in [-0.4, -0.2) is 65.4 Å². The minimum Gasteiger partial charge on any atom is -0.480 e. The number of hydrogen-bond donors (Lipinski definition) is 2. The second-order valence-corrected chi connectivity index (χ2v) is 6.37. The van der Waals surface area contributed by atoms with E-state index in [4.69, 9.17) is 9.84 Å². The van der Waals surface area contributed by atoms with Crippen LogP contribution in [0.3, 0.4) is 0 Å². The molecule has 1 unspecified atom stereocenters. The van der Waals surface area contributed by atoms with Gasteiger partial charge < -0.3 is 9.84 Å². The molecule has 3 atom stereocenters. The highest BCUT2D eigenvalue weighted by Crippen LogP contribution is 2.37. The topological polar surface area (TPSA) is 78.9 Å². The maximum Gasteiger partial charge on any atom is 0.326 e. The number of methoxy groups -OCH3 is 1. The molecule has 2 fully saturated rings. The number of likely N-dealkylation sites (tertiary alicyclic amines) is 1. The summed E-state index contributed by atoms with van der Waals surface area (Å²) in [5.41, 5.74) is -0.604. The van der Waals surface area contributed by atoms with Crippen LogP contribution in [0.25, 0.3) is 0 Å². The molecule has 0 aromatic heterocycles. The number of carbonyl (C=O) groups is 2. The Hall–Kier alpha value is -0.790. The first-order valence-corrected chi connectivity index (χ1v) is 7.44. The third kappa shape index (κ3) is 2.73. The normalized spacial score (nSPS) is 35.5. The van der Waals surface area contributed by atoms with E-state index in [1.54, 1.807) is 11.8 Å².